The maximum absolute atomic E-state index is 6.00. The van der Waals surface area contributed by atoms with Crippen molar-refractivity contribution in [2.24, 2.45) is 0 Å². The van der Waals surface area contributed by atoms with Gasteiger partial charge in [0, 0.05) is 6.20 Å². The van der Waals surface area contributed by atoms with Crippen molar-refractivity contribution in [3.05, 3.63) is 67.0 Å². The summed E-state index contributed by atoms with van der Waals surface area (Å²) in [6, 6.07) is 17.9. The van der Waals surface area contributed by atoms with Crippen LogP contribution in [0, 0.1) is 0 Å². The Labute approximate surface area is 132 Å². The Kier molecular flexibility index (Phi) is 3.12. The zero-order valence-corrected chi connectivity index (χ0v) is 12.2. The molecular formula is C17H14N6. The second-order valence-electron chi connectivity index (χ2n) is 5.10. The third-order valence-electron chi connectivity index (χ3n) is 3.53. The van der Waals surface area contributed by atoms with Crippen LogP contribution in [0.25, 0.3) is 16.5 Å². The van der Waals surface area contributed by atoms with Gasteiger partial charge in [0.25, 0.3) is 0 Å². The average Bonchev–Trinajstić information content (AvgIpc) is 2.95. The molecule has 23 heavy (non-hydrogen) atoms. The SMILES string of the molecule is Nc1nc(Nc2cccnc2)nn1-c1ccc2ccccc2c1. The Morgan fingerprint density at radius 3 is 2.65 bits per heavy atom. The van der Waals surface area contributed by atoms with Gasteiger partial charge in [-0.05, 0) is 35.0 Å². The Morgan fingerprint density at radius 2 is 1.83 bits per heavy atom. The van der Waals surface area contributed by atoms with Gasteiger partial charge in [-0.3, -0.25) is 4.98 Å². The van der Waals surface area contributed by atoms with Gasteiger partial charge in [0.15, 0.2) is 0 Å². The number of nitrogens with zero attached hydrogens (tertiary/aromatic N) is 4. The number of aromatic nitrogens is 4. The van der Waals surface area contributed by atoms with Crippen molar-refractivity contribution in [1.82, 2.24) is 19.7 Å². The van der Waals surface area contributed by atoms with Crippen LogP contribution in [0.1, 0.15) is 0 Å². The molecule has 2 aromatic heterocycles. The molecule has 0 atom stereocenters. The van der Waals surface area contributed by atoms with E-state index < -0.39 is 0 Å². The number of nitrogens with one attached hydrogen (secondary N) is 1. The summed E-state index contributed by atoms with van der Waals surface area (Å²) >= 11 is 0. The maximum Gasteiger partial charge on any atom is 0.248 e. The molecule has 0 aliphatic carbocycles. The van der Waals surface area contributed by atoms with E-state index in [1.807, 2.05) is 42.5 Å². The number of fused-ring (bicyclic) bond motifs is 1. The first-order valence-corrected chi connectivity index (χ1v) is 7.18. The van der Waals surface area contributed by atoms with Crippen LogP contribution in [-0.2, 0) is 0 Å². The lowest BCUT2D eigenvalue weighted by atomic mass is 10.1. The van der Waals surface area contributed by atoms with Crippen LogP contribution in [0.5, 0.6) is 0 Å². The van der Waals surface area contributed by atoms with Crippen molar-refractivity contribution in [3.8, 4) is 5.69 Å². The van der Waals surface area contributed by atoms with E-state index in [0.717, 1.165) is 16.8 Å². The fourth-order valence-corrected chi connectivity index (χ4v) is 2.44. The van der Waals surface area contributed by atoms with E-state index in [1.54, 1.807) is 17.1 Å². The molecule has 0 radical (unpaired) electrons. The summed E-state index contributed by atoms with van der Waals surface area (Å²) in [7, 11) is 0. The molecule has 0 saturated carbocycles. The van der Waals surface area contributed by atoms with E-state index in [-0.39, 0.29) is 0 Å². The minimum Gasteiger partial charge on any atom is -0.368 e. The summed E-state index contributed by atoms with van der Waals surface area (Å²) in [5.74, 6) is 0.760. The summed E-state index contributed by atoms with van der Waals surface area (Å²) in [5, 5.41) is 9.81. The highest BCUT2D eigenvalue weighted by molar-refractivity contribution is 5.84. The smallest absolute Gasteiger partial charge is 0.248 e. The number of hydrogen-bond acceptors (Lipinski definition) is 5. The molecule has 0 unspecified atom stereocenters. The Bertz CT molecular complexity index is 961. The van der Waals surface area contributed by atoms with Crippen molar-refractivity contribution >= 4 is 28.4 Å². The van der Waals surface area contributed by atoms with Gasteiger partial charge in [-0.2, -0.15) is 9.67 Å². The van der Waals surface area contributed by atoms with E-state index in [1.165, 1.54) is 5.39 Å². The largest absolute Gasteiger partial charge is 0.368 e. The molecule has 0 bridgehead atoms. The van der Waals surface area contributed by atoms with Crippen molar-refractivity contribution in [3.63, 3.8) is 0 Å². The summed E-state index contributed by atoms with van der Waals surface area (Å²) in [4.78, 5) is 8.30. The Balaban J connectivity index is 1.70. The lowest BCUT2D eigenvalue weighted by molar-refractivity contribution is 0.895. The molecule has 0 spiro atoms. The van der Waals surface area contributed by atoms with E-state index in [4.69, 9.17) is 5.73 Å². The van der Waals surface area contributed by atoms with E-state index >= 15 is 0 Å². The number of nitrogen functional groups attached to an aromatic ring is 1. The third kappa shape index (κ3) is 2.57. The summed E-state index contributed by atoms with van der Waals surface area (Å²) in [5.41, 5.74) is 7.68. The molecule has 3 N–H and O–H groups in total. The normalized spacial score (nSPS) is 10.8. The molecule has 6 nitrogen and oxygen atoms in total. The Hall–Kier alpha value is -3.41. The fraction of sp³-hybridized carbons (Fsp3) is 0. The first kappa shape index (κ1) is 13.3. The first-order valence-electron chi connectivity index (χ1n) is 7.18. The van der Waals surface area contributed by atoms with E-state index in [9.17, 15) is 0 Å². The van der Waals surface area contributed by atoms with Crippen molar-refractivity contribution in [1.29, 1.82) is 0 Å². The predicted octanol–water partition coefficient (Wildman–Crippen LogP) is 3.14. The number of hydrogen-bond donors (Lipinski definition) is 2. The van der Waals surface area contributed by atoms with Gasteiger partial charge >= 0.3 is 0 Å². The fourth-order valence-electron chi connectivity index (χ4n) is 2.44. The highest BCUT2D eigenvalue weighted by Crippen LogP contribution is 2.21. The number of benzene rings is 2. The van der Waals surface area contributed by atoms with Gasteiger partial charge in [-0.25, -0.2) is 0 Å². The van der Waals surface area contributed by atoms with Crippen LogP contribution in [0.3, 0.4) is 0 Å². The lowest BCUT2D eigenvalue weighted by Gasteiger charge is -2.04. The second kappa shape index (κ2) is 5.42. The third-order valence-corrected chi connectivity index (χ3v) is 3.53. The van der Waals surface area contributed by atoms with Crippen LogP contribution in [0.2, 0.25) is 0 Å². The minimum atomic E-state index is 0.326. The molecule has 0 aliphatic rings. The molecule has 4 rings (SSSR count). The van der Waals surface area contributed by atoms with Crippen LogP contribution in [0.15, 0.2) is 67.0 Å². The van der Waals surface area contributed by atoms with Crippen LogP contribution < -0.4 is 11.1 Å². The summed E-state index contributed by atoms with van der Waals surface area (Å²) in [6.45, 7) is 0. The van der Waals surface area contributed by atoms with Gasteiger partial charge in [0.1, 0.15) is 0 Å². The molecule has 112 valence electrons. The quantitative estimate of drug-likeness (QED) is 0.607. The highest BCUT2D eigenvalue weighted by atomic mass is 15.4. The van der Waals surface area contributed by atoms with Gasteiger partial charge in [0.05, 0.1) is 17.6 Å². The number of pyridine rings is 1. The molecular weight excluding hydrogens is 288 g/mol. The minimum absolute atomic E-state index is 0.326. The monoisotopic (exact) mass is 302 g/mol. The van der Waals surface area contributed by atoms with Gasteiger partial charge in [0.2, 0.25) is 11.9 Å². The molecule has 0 fully saturated rings. The van der Waals surface area contributed by atoms with Crippen molar-refractivity contribution < 1.29 is 0 Å². The highest BCUT2D eigenvalue weighted by Gasteiger charge is 2.09. The topological polar surface area (TPSA) is 81.7 Å². The van der Waals surface area contributed by atoms with E-state index in [0.29, 0.717) is 11.9 Å². The molecule has 2 aromatic carbocycles. The second-order valence-corrected chi connectivity index (χ2v) is 5.10. The lowest BCUT2D eigenvalue weighted by Crippen LogP contribution is -2.02. The first-order chi connectivity index (χ1) is 11.3. The zero-order chi connectivity index (χ0) is 15.6. The molecule has 4 aromatic rings. The van der Waals surface area contributed by atoms with Crippen LogP contribution in [0.4, 0.5) is 17.6 Å². The van der Waals surface area contributed by atoms with Gasteiger partial charge < -0.3 is 11.1 Å². The molecule has 0 amide bonds. The maximum atomic E-state index is 6.00. The number of nitrogens with two attached hydrogens (primary N) is 1. The summed E-state index contributed by atoms with van der Waals surface area (Å²) < 4.78 is 1.62. The van der Waals surface area contributed by atoms with Crippen molar-refractivity contribution in [2.45, 2.75) is 0 Å². The molecule has 0 saturated heterocycles. The summed E-state index contributed by atoms with van der Waals surface area (Å²) in [6.07, 6.45) is 3.41. The Morgan fingerprint density at radius 1 is 0.957 bits per heavy atom. The molecule has 0 aliphatic heterocycles. The number of rotatable bonds is 3. The van der Waals surface area contributed by atoms with Crippen LogP contribution >= 0.6 is 0 Å². The van der Waals surface area contributed by atoms with E-state index in [2.05, 4.69) is 32.5 Å². The van der Waals surface area contributed by atoms with Gasteiger partial charge in [-0.1, -0.05) is 30.3 Å². The number of anilines is 3. The molecule has 2 heterocycles. The average molecular weight is 302 g/mol. The standard InChI is InChI=1S/C17H14N6/c18-16-21-17(20-14-6-3-9-19-11-14)22-23(16)15-8-7-12-4-1-2-5-13(12)10-15/h1-11H,(H3,18,20,21,22). The van der Waals surface area contributed by atoms with Crippen LogP contribution in [-0.4, -0.2) is 19.7 Å². The predicted molar refractivity (Wildman–Crippen MR) is 90.8 cm³/mol. The van der Waals surface area contributed by atoms with Crippen molar-refractivity contribution in [2.75, 3.05) is 11.1 Å². The molecule has 6 heteroatoms. The zero-order valence-electron chi connectivity index (χ0n) is 12.2. The van der Waals surface area contributed by atoms with Gasteiger partial charge in [-0.15, -0.1) is 5.10 Å².